The highest BCUT2D eigenvalue weighted by Gasteiger charge is 2.22. The van der Waals surface area contributed by atoms with Gasteiger partial charge in [0.05, 0.1) is 22.3 Å². The fourth-order valence-electron chi connectivity index (χ4n) is 11.1. The van der Waals surface area contributed by atoms with Crippen molar-refractivity contribution >= 4 is 65.7 Å². The molecule has 6 nitrogen and oxygen atoms in total. The van der Waals surface area contributed by atoms with Crippen LogP contribution in [-0.4, -0.2) is 19.5 Å². The van der Waals surface area contributed by atoms with E-state index in [1.807, 2.05) is 42.5 Å². The van der Waals surface area contributed by atoms with Crippen LogP contribution in [0.1, 0.15) is 0 Å². The summed E-state index contributed by atoms with van der Waals surface area (Å²) in [5.41, 5.74) is 18.0. The zero-order chi connectivity index (χ0) is 49.4. The number of para-hydroxylation sites is 4. The lowest BCUT2D eigenvalue weighted by Gasteiger charge is -2.09. The molecule has 15 aromatic rings. The van der Waals surface area contributed by atoms with Crippen LogP contribution in [0.3, 0.4) is 0 Å². The quantitative estimate of drug-likeness (QED) is 0.152. The molecule has 0 spiro atoms. The third-order valence-corrected chi connectivity index (χ3v) is 14.7. The van der Waals surface area contributed by atoms with Crippen molar-refractivity contribution in [2.45, 2.75) is 0 Å². The van der Waals surface area contributed by atoms with Gasteiger partial charge in [0.25, 0.3) is 0 Å². The van der Waals surface area contributed by atoms with Crippen molar-refractivity contribution < 1.29 is 8.83 Å². The predicted molar refractivity (Wildman–Crippen MR) is 307 cm³/mol. The highest BCUT2D eigenvalue weighted by molar-refractivity contribution is 6.15. The van der Waals surface area contributed by atoms with E-state index in [0.717, 1.165) is 111 Å². The van der Waals surface area contributed by atoms with Gasteiger partial charge in [-0.2, -0.15) is 0 Å². The molecule has 0 amide bonds. The summed E-state index contributed by atoms with van der Waals surface area (Å²) in [5, 5.41) is 6.55. The first-order chi connectivity index (χ1) is 37.2. The first-order valence-electron chi connectivity index (χ1n) is 25.2. The van der Waals surface area contributed by atoms with Gasteiger partial charge >= 0.3 is 0 Å². The summed E-state index contributed by atoms with van der Waals surface area (Å²) in [7, 11) is 0. The van der Waals surface area contributed by atoms with Crippen LogP contribution in [0.25, 0.3) is 150 Å². The smallest absolute Gasteiger partial charge is 0.167 e. The molecule has 0 bridgehead atoms. The third kappa shape index (κ3) is 7.14. The van der Waals surface area contributed by atoms with Gasteiger partial charge in [0, 0.05) is 49.0 Å². The molecule has 350 valence electrons. The molecule has 75 heavy (non-hydrogen) atoms. The molecule has 6 heteroatoms. The van der Waals surface area contributed by atoms with E-state index in [1.54, 1.807) is 0 Å². The second-order valence-corrected chi connectivity index (χ2v) is 19.1. The van der Waals surface area contributed by atoms with Crippen molar-refractivity contribution in [2.75, 3.05) is 0 Å². The summed E-state index contributed by atoms with van der Waals surface area (Å²) in [4.78, 5) is 15.3. The average Bonchev–Trinajstić information content (AvgIpc) is 4.22. The number of hydrogen-bond acceptors (Lipinski definition) is 5. The molecule has 0 aliphatic carbocycles. The molecule has 0 saturated heterocycles. The van der Waals surface area contributed by atoms with Gasteiger partial charge in [-0.15, -0.1) is 0 Å². The molecule has 4 heterocycles. The van der Waals surface area contributed by atoms with Crippen molar-refractivity contribution in [1.82, 2.24) is 19.5 Å². The lowest BCUT2D eigenvalue weighted by molar-refractivity contribution is 0.666. The summed E-state index contributed by atoms with van der Waals surface area (Å²) in [6, 6.07) is 89.2. The standard InChI is InChI=1S/C69H42N4O2/c1-4-16-43(17-5-1)45-32-34-47(35-33-45)68-70-67(46-20-8-3-9-21-46)71-69(72-68)57-29-14-27-55-54-26-13-25-52(64(54)75-65(55)57)51-23-12-22-48(40-51)50-37-39-63-59(42-50)56-28-15-31-62(66(56)74-63)73-60-30-11-10-24-53(60)58-41-49(36-38-61(58)73)44-18-6-2-7-19-44/h1-42H. The van der Waals surface area contributed by atoms with Crippen molar-refractivity contribution in [3.05, 3.63) is 255 Å². The molecule has 0 radical (unpaired) electrons. The Morgan fingerprint density at radius 2 is 0.707 bits per heavy atom. The summed E-state index contributed by atoms with van der Waals surface area (Å²) in [6.45, 7) is 0. The van der Waals surface area contributed by atoms with Crippen LogP contribution in [0.4, 0.5) is 0 Å². The summed E-state index contributed by atoms with van der Waals surface area (Å²) in [5.74, 6) is 1.73. The minimum Gasteiger partial charge on any atom is -0.455 e. The lowest BCUT2D eigenvalue weighted by atomic mass is 9.96. The number of nitrogens with zero attached hydrogens (tertiary/aromatic N) is 4. The van der Waals surface area contributed by atoms with Crippen LogP contribution in [0.15, 0.2) is 264 Å². The van der Waals surface area contributed by atoms with Crippen LogP contribution in [0, 0.1) is 0 Å². The van der Waals surface area contributed by atoms with Gasteiger partial charge < -0.3 is 13.4 Å². The number of fused-ring (bicyclic) bond motifs is 9. The number of furan rings is 2. The molecule has 11 aromatic carbocycles. The monoisotopic (exact) mass is 958 g/mol. The SMILES string of the molecule is c1ccc(-c2ccc(-c3nc(-c4ccccc4)nc(-c4cccc5c4oc4c(-c6cccc(-c7ccc8oc9c(-n%10c%11ccccc%11c%11cc(-c%12ccccc%12)ccc%11%10)cccc9c8c7)c6)cccc45)n3)cc2)cc1. The third-order valence-electron chi connectivity index (χ3n) is 14.7. The minimum atomic E-state index is 0.543. The highest BCUT2D eigenvalue weighted by atomic mass is 16.3. The fraction of sp³-hybridized carbons (Fsp3) is 0. The molecular formula is C69H42N4O2. The van der Waals surface area contributed by atoms with E-state index in [0.29, 0.717) is 17.5 Å². The summed E-state index contributed by atoms with van der Waals surface area (Å²) in [6.07, 6.45) is 0. The van der Waals surface area contributed by atoms with E-state index in [4.69, 9.17) is 23.8 Å². The van der Waals surface area contributed by atoms with Gasteiger partial charge in [0.2, 0.25) is 0 Å². The minimum absolute atomic E-state index is 0.543. The zero-order valence-electron chi connectivity index (χ0n) is 40.4. The van der Waals surface area contributed by atoms with Crippen LogP contribution in [0.5, 0.6) is 0 Å². The van der Waals surface area contributed by atoms with E-state index in [-0.39, 0.29) is 0 Å². The second-order valence-electron chi connectivity index (χ2n) is 19.1. The number of aromatic nitrogens is 4. The molecule has 0 unspecified atom stereocenters. The Morgan fingerprint density at radius 3 is 1.45 bits per heavy atom. The van der Waals surface area contributed by atoms with Crippen LogP contribution >= 0.6 is 0 Å². The van der Waals surface area contributed by atoms with Gasteiger partial charge in [0.1, 0.15) is 16.7 Å². The molecule has 0 aliphatic rings. The van der Waals surface area contributed by atoms with Crippen LogP contribution < -0.4 is 0 Å². The van der Waals surface area contributed by atoms with Crippen LogP contribution in [-0.2, 0) is 0 Å². The molecule has 0 N–H and O–H groups in total. The normalized spacial score (nSPS) is 11.7. The van der Waals surface area contributed by atoms with Crippen molar-refractivity contribution in [3.63, 3.8) is 0 Å². The first kappa shape index (κ1) is 42.5. The van der Waals surface area contributed by atoms with Crippen molar-refractivity contribution in [2.24, 2.45) is 0 Å². The van der Waals surface area contributed by atoms with Gasteiger partial charge in [-0.3, -0.25) is 0 Å². The Balaban J connectivity index is 0.811. The molecular weight excluding hydrogens is 917 g/mol. The van der Waals surface area contributed by atoms with Gasteiger partial charge in [-0.1, -0.05) is 206 Å². The van der Waals surface area contributed by atoms with E-state index < -0.39 is 0 Å². The fourth-order valence-corrected chi connectivity index (χ4v) is 11.1. The van der Waals surface area contributed by atoms with Crippen molar-refractivity contribution in [3.8, 4) is 84.4 Å². The van der Waals surface area contributed by atoms with Gasteiger partial charge in [-0.05, 0) is 87.5 Å². The zero-order valence-corrected chi connectivity index (χ0v) is 40.4. The van der Waals surface area contributed by atoms with Gasteiger partial charge in [-0.25, -0.2) is 15.0 Å². The maximum atomic E-state index is 7.03. The maximum Gasteiger partial charge on any atom is 0.167 e. The average molecular weight is 959 g/mol. The van der Waals surface area contributed by atoms with E-state index >= 15 is 0 Å². The first-order valence-corrected chi connectivity index (χ1v) is 25.2. The van der Waals surface area contributed by atoms with Crippen molar-refractivity contribution in [1.29, 1.82) is 0 Å². The van der Waals surface area contributed by atoms with E-state index in [9.17, 15) is 0 Å². The molecule has 0 atom stereocenters. The number of rotatable bonds is 8. The lowest BCUT2D eigenvalue weighted by Crippen LogP contribution is -2.00. The second kappa shape index (κ2) is 17.3. The topological polar surface area (TPSA) is 69.9 Å². The Morgan fingerprint density at radius 1 is 0.253 bits per heavy atom. The van der Waals surface area contributed by atoms with E-state index in [2.05, 4.69) is 217 Å². The van der Waals surface area contributed by atoms with E-state index in [1.165, 1.54) is 21.9 Å². The molecule has 0 aliphatic heterocycles. The molecule has 0 saturated carbocycles. The Labute approximate surface area is 431 Å². The Bertz CT molecular complexity index is 4690. The summed E-state index contributed by atoms with van der Waals surface area (Å²) >= 11 is 0. The Hall–Kier alpha value is -10.2. The highest BCUT2D eigenvalue weighted by Crippen LogP contribution is 2.43. The number of benzene rings is 11. The van der Waals surface area contributed by atoms with Gasteiger partial charge in [0.15, 0.2) is 23.1 Å². The maximum absolute atomic E-state index is 7.03. The largest absolute Gasteiger partial charge is 0.455 e. The molecule has 0 fully saturated rings. The van der Waals surface area contributed by atoms with Crippen LogP contribution in [0.2, 0.25) is 0 Å². The number of hydrogen-bond donors (Lipinski definition) is 0. The Kier molecular flexibility index (Phi) is 9.78. The molecule has 4 aromatic heterocycles. The summed E-state index contributed by atoms with van der Waals surface area (Å²) < 4.78 is 16.2. The molecule has 15 rings (SSSR count). The predicted octanol–water partition coefficient (Wildman–Crippen LogP) is 18.4.